The SMILES string of the molecule is CCCCCCCCCC[CH2][Pd][CH2]CCCCCCCCCC.CCCCc1cccc(C2=C(CC)C(CC)=C(c3cccc(CCCC)c3)[N+]2=[N-])c1. The number of benzene rings is 2. The van der Waals surface area contributed by atoms with Gasteiger partial charge in [-0.3, -0.25) is 0 Å². The number of rotatable bonds is 30. The Hall–Kier alpha value is -1.82. The molecule has 1 heterocycles. The standard InChI is InChI=1S/C28H36N2.2C11H23.Pd/c1-5-9-13-21-15-11-17-23(19-21)27-25(7-3)26(8-4)28(30(27)29)24-18-12-16-22(20-24)14-10-6-2;2*1-3-5-7-9-11-10-8-6-4-2;/h11-12,15-20H,5-10,13-14H2,1-4H3;2*1,3-11H2,2H3;. The number of unbranched alkanes of at least 4 members (excludes halogenated alkanes) is 18. The van der Waals surface area contributed by atoms with Gasteiger partial charge in [-0.1, -0.05) is 64.8 Å². The molecule has 3 rings (SSSR count). The van der Waals surface area contributed by atoms with Crippen molar-refractivity contribution in [1.29, 1.82) is 0 Å². The van der Waals surface area contributed by atoms with Gasteiger partial charge >= 0.3 is 157 Å². The Morgan fingerprint density at radius 3 is 1.11 bits per heavy atom. The average Bonchev–Trinajstić information content (AvgIpc) is 3.48. The molecule has 53 heavy (non-hydrogen) atoms. The van der Waals surface area contributed by atoms with Crippen molar-refractivity contribution in [2.45, 2.75) is 218 Å². The number of allylic oxidation sites excluding steroid dienone is 2. The molecule has 0 aliphatic carbocycles. The van der Waals surface area contributed by atoms with Gasteiger partial charge < -0.3 is 5.53 Å². The zero-order valence-electron chi connectivity index (χ0n) is 35.6. The molecular formula is C50H82N2Pd. The zero-order valence-corrected chi connectivity index (χ0v) is 37.2. The van der Waals surface area contributed by atoms with Crippen LogP contribution in [0.1, 0.15) is 218 Å². The van der Waals surface area contributed by atoms with Crippen molar-refractivity contribution in [3.63, 3.8) is 0 Å². The maximum absolute atomic E-state index is 11.4. The minimum atomic E-state index is 0.910. The van der Waals surface area contributed by atoms with Gasteiger partial charge in [-0.25, -0.2) is 4.70 Å². The van der Waals surface area contributed by atoms with Crippen LogP contribution in [0.2, 0.25) is 9.79 Å². The van der Waals surface area contributed by atoms with Gasteiger partial charge in [0, 0.05) is 22.3 Å². The van der Waals surface area contributed by atoms with Gasteiger partial charge in [0.15, 0.2) is 0 Å². The Kier molecular flexibility index (Phi) is 28.0. The van der Waals surface area contributed by atoms with E-state index in [1.54, 1.807) is 9.79 Å². The minimum Gasteiger partial charge on any atom is -0.493 e. The molecule has 0 fully saturated rings. The number of hydrogen-bond acceptors (Lipinski definition) is 0. The quantitative estimate of drug-likeness (QED) is 0.0426. The summed E-state index contributed by atoms with van der Waals surface area (Å²) in [6.45, 7) is 13.4. The fourth-order valence-electron chi connectivity index (χ4n) is 7.53. The van der Waals surface area contributed by atoms with Crippen molar-refractivity contribution in [3.05, 3.63) is 87.5 Å². The van der Waals surface area contributed by atoms with Gasteiger partial charge in [0.2, 0.25) is 11.4 Å². The van der Waals surface area contributed by atoms with Gasteiger partial charge in [-0.2, -0.15) is 0 Å². The maximum atomic E-state index is 11.4. The molecular weight excluding hydrogens is 735 g/mol. The molecule has 2 nitrogen and oxygen atoms in total. The monoisotopic (exact) mass is 817 g/mol. The first-order valence-electron chi connectivity index (χ1n) is 22.6. The Balaban J connectivity index is 0.000000382. The van der Waals surface area contributed by atoms with Crippen LogP contribution in [-0.4, -0.2) is 4.70 Å². The van der Waals surface area contributed by atoms with Crippen LogP contribution in [0.3, 0.4) is 0 Å². The van der Waals surface area contributed by atoms with E-state index in [-0.39, 0.29) is 0 Å². The van der Waals surface area contributed by atoms with Crippen LogP contribution in [0, 0.1) is 0 Å². The fraction of sp³-hybridized carbons (Fsp3) is 0.680. The minimum absolute atomic E-state index is 0.910. The van der Waals surface area contributed by atoms with Crippen LogP contribution < -0.4 is 0 Å². The van der Waals surface area contributed by atoms with E-state index in [0.717, 1.165) is 66.2 Å². The second-order valence-electron chi connectivity index (χ2n) is 15.4. The first kappa shape index (κ1) is 47.3. The van der Waals surface area contributed by atoms with Gasteiger partial charge in [-0.05, 0) is 73.9 Å². The van der Waals surface area contributed by atoms with Crippen LogP contribution >= 0.6 is 0 Å². The van der Waals surface area contributed by atoms with Crippen LogP contribution in [-0.2, 0) is 30.8 Å². The van der Waals surface area contributed by atoms with E-state index in [4.69, 9.17) is 0 Å². The second kappa shape index (κ2) is 31.4. The molecule has 2 aromatic carbocycles. The number of hydrogen-bond donors (Lipinski definition) is 0. The summed E-state index contributed by atoms with van der Waals surface area (Å²) in [5.74, 6) is 0. The van der Waals surface area contributed by atoms with E-state index in [0.29, 0.717) is 0 Å². The van der Waals surface area contributed by atoms with Crippen LogP contribution in [0.5, 0.6) is 0 Å². The third-order valence-electron chi connectivity index (χ3n) is 10.8. The summed E-state index contributed by atoms with van der Waals surface area (Å²) in [5.41, 5.74) is 20.8. The van der Waals surface area contributed by atoms with Crippen LogP contribution in [0.4, 0.5) is 0 Å². The van der Waals surface area contributed by atoms with Crippen molar-refractivity contribution >= 4 is 11.4 Å². The summed E-state index contributed by atoms with van der Waals surface area (Å²) in [6.07, 6.45) is 35.3. The second-order valence-corrected chi connectivity index (χ2v) is 17.7. The molecule has 0 bridgehead atoms. The Morgan fingerprint density at radius 1 is 0.434 bits per heavy atom. The van der Waals surface area contributed by atoms with Crippen LogP contribution in [0.25, 0.3) is 16.9 Å². The van der Waals surface area contributed by atoms with E-state index in [9.17, 15) is 5.53 Å². The van der Waals surface area contributed by atoms with Crippen molar-refractivity contribution < 1.29 is 22.7 Å². The van der Waals surface area contributed by atoms with Crippen LogP contribution in [0.15, 0.2) is 59.7 Å². The molecule has 302 valence electrons. The third kappa shape index (κ3) is 19.1. The first-order chi connectivity index (χ1) is 26.1. The molecule has 0 saturated carbocycles. The molecule has 0 aromatic heterocycles. The maximum Gasteiger partial charge on any atom is 0.211 e. The summed E-state index contributed by atoms with van der Waals surface area (Å²) in [7, 11) is 0. The van der Waals surface area contributed by atoms with Crippen molar-refractivity contribution in [2.24, 2.45) is 0 Å². The molecule has 3 heteroatoms. The molecule has 1 aliphatic heterocycles. The Morgan fingerprint density at radius 2 is 0.774 bits per heavy atom. The summed E-state index contributed by atoms with van der Waals surface area (Å²) >= 11 is 1.07. The van der Waals surface area contributed by atoms with Crippen molar-refractivity contribution in [2.75, 3.05) is 0 Å². The van der Waals surface area contributed by atoms with Crippen molar-refractivity contribution in [3.8, 4) is 0 Å². The third-order valence-corrected chi connectivity index (χ3v) is 13.0. The molecule has 0 spiro atoms. The molecule has 0 atom stereocenters. The predicted molar refractivity (Wildman–Crippen MR) is 232 cm³/mol. The topological polar surface area (TPSA) is 25.3 Å². The zero-order chi connectivity index (χ0) is 38.4. The largest absolute Gasteiger partial charge is 0.493 e. The molecule has 0 saturated heterocycles. The first-order valence-corrected chi connectivity index (χ1v) is 24.8. The van der Waals surface area contributed by atoms with Gasteiger partial charge in [0.1, 0.15) is 0 Å². The predicted octanol–water partition coefficient (Wildman–Crippen LogP) is 17.3. The summed E-state index contributed by atoms with van der Waals surface area (Å²) in [6, 6.07) is 17.5. The Bertz CT molecular complexity index is 1210. The molecule has 1 aliphatic rings. The van der Waals surface area contributed by atoms with Gasteiger partial charge in [-0.15, -0.1) is 0 Å². The van der Waals surface area contributed by atoms with E-state index in [2.05, 4.69) is 90.1 Å². The molecule has 0 N–H and O–H groups in total. The van der Waals surface area contributed by atoms with Crippen molar-refractivity contribution in [1.82, 2.24) is 0 Å². The van der Waals surface area contributed by atoms with E-state index < -0.39 is 0 Å². The number of nitrogens with zero attached hydrogens (tertiary/aromatic N) is 2. The van der Waals surface area contributed by atoms with E-state index >= 15 is 0 Å². The smallest absolute Gasteiger partial charge is 0.211 e. The van der Waals surface area contributed by atoms with E-state index in [1.807, 2.05) is 0 Å². The summed E-state index contributed by atoms with van der Waals surface area (Å²) in [5, 5.41) is 0. The Labute approximate surface area is 338 Å². The van der Waals surface area contributed by atoms with Gasteiger partial charge in [0.25, 0.3) is 0 Å². The summed E-state index contributed by atoms with van der Waals surface area (Å²) in [4.78, 5) is 3.09. The van der Waals surface area contributed by atoms with E-state index in [1.165, 1.54) is 168 Å². The normalized spacial score (nSPS) is 13.0. The summed E-state index contributed by atoms with van der Waals surface area (Å²) < 4.78 is 1.47. The fourth-order valence-corrected chi connectivity index (χ4v) is 9.48. The molecule has 0 radical (unpaired) electrons. The molecule has 0 unspecified atom stereocenters. The average molecular weight is 818 g/mol. The molecule has 2 aromatic rings. The van der Waals surface area contributed by atoms with Gasteiger partial charge in [0.05, 0.1) is 0 Å². The molecule has 0 amide bonds. The number of aryl methyl sites for hydroxylation is 2.